The Bertz CT molecular complexity index is 1070. The molecule has 3 aromatic rings. The van der Waals surface area contributed by atoms with Gasteiger partial charge < -0.3 is 14.3 Å². The Hall–Kier alpha value is -2.71. The van der Waals surface area contributed by atoms with Gasteiger partial charge in [-0.1, -0.05) is 26.2 Å². The number of nitrogens with zero attached hydrogens (tertiary/aromatic N) is 5. The first-order valence-electron chi connectivity index (χ1n) is 11.1. The first-order valence-corrected chi connectivity index (χ1v) is 11.1. The van der Waals surface area contributed by atoms with Crippen molar-refractivity contribution in [1.82, 2.24) is 29.7 Å². The van der Waals surface area contributed by atoms with Crippen molar-refractivity contribution in [2.24, 2.45) is 17.8 Å². The summed E-state index contributed by atoms with van der Waals surface area (Å²) in [6.45, 7) is 5.47. The monoisotopic (exact) mass is 411 g/mol. The zero-order chi connectivity index (χ0) is 20.7. The molecule has 0 bridgehead atoms. The Labute approximate surface area is 174 Å². The normalized spacial score (nSPS) is 23.4. The number of anilines is 1. The molecule has 2 fully saturated rings. The summed E-state index contributed by atoms with van der Waals surface area (Å²) in [6.07, 6.45) is 10.7. The van der Waals surface area contributed by atoms with E-state index in [2.05, 4.69) is 43.9 Å². The van der Waals surface area contributed by atoms with Crippen LogP contribution in [0, 0.1) is 17.8 Å². The number of nitrogens with one attached hydrogen (secondary N) is 2. The number of aromatic amines is 1. The summed E-state index contributed by atoms with van der Waals surface area (Å²) in [4.78, 5) is 25.2. The maximum Gasteiger partial charge on any atom is 0.434 e. The van der Waals surface area contributed by atoms with Crippen molar-refractivity contribution in [3.8, 4) is 11.7 Å². The van der Waals surface area contributed by atoms with Crippen molar-refractivity contribution in [3.05, 3.63) is 16.9 Å². The molecule has 3 aromatic heterocycles. The van der Waals surface area contributed by atoms with Gasteiger partial charge in [-0.3, -0.25) is 0 Å². The van der Waals surface area contributed by atoms with E-state index in [9.17, 15) is 4.79 Å². The van der Waals surface area contributed by atoms with Gasteiger partial charge in [0.15, 0.2) is 11.5 Å². The van der Waals surface area contributed by atoms with Crippen molar-refractivity contribution in [3.63, 3.8) is 0 Å². The van der Waals surface area contributed by atoms with Crippen LogP contribution in [-0.4, -0.2) is 35.8 Å². The number of rotatable bonds is 6. The molecule has 0 aliphatic heterocycles. The first kappa shape index (κ1) is 19.3. The fraction of sp³-hybridized carbons (Fsp3) is 0.667. The highest BCUT2D eigenvalue weighted by Crippen LogP contribution is 2.34. The van der Waals surface area contributed by atoms with E-state index in [4.69, 9.17) is 9.40 Å². The topological polar surface area (TPSA) is 115 Å². The number of imidazole rings is 1. The molecule has 9 heteroatoms. The Balaban J connectivity index is 1.51. The Kier molecular flexibility index (Phi) is 5.04. The summed E-state index contributed by atoms with van der Waals surface area (Å²) < 4.78 is 7.28. The number of hydrogen-bond donors (Lipinski definition) is 2. The second-order valence-electron chi connectivity index (χ2n) is 9.13. The van der Waals surface area contributed by atoms with Crippen LogP contribution in [0.4, 0.5) is 5.82 Å². The maximum atomic E-state index is 11.4. The van der Waals surface area contributed by atoms with Gasteiger partial charge in [0.1, 0.15) is 5.52 Å². The molecule has 0 unspecified atom stereocenters. The van der Waals surface area contributed by atoms with Gasteiger partial charge in [0.25, 0.3) is 5.89 Å². The van der Waals surface area contributed by atoms with Gasteiger partial charge >= 0.3 is 5.76 Å². The molecular formula is C21H29N7O2. The zero-order valence-electron chi connectivity index (χ0n) is 17.6. The summed E-state index contributed by atoms with van der Waals surface area (Å²) in [5, 5.41) is 9.77. The van der Waals surface area contributed by atoms with Crippen molar-refractivity contribution in [1.29, 1.82) is 0 Å². The van der Waals surface area contributed by atoms with Crippen LogP contribution >= 0.6 is 0 Å². The number of aromatic nitrogens is 6. The molecule has 0 spiro atoms. The van der Waals surface area contributed by atoms with Crippen LogP contribution in [0.3, 0.4) is 0 Å². The molecule has 160 valence electrons. The highest BCUT2D eigenvalue weighted by molar-refractivity contribution is 5.85. The third kappa shape index (κ3) is 3.73. The van der Waals surface area contributed by atoms with Crippen LogP contribution in [0.1, 0.15) is 58.8 Å². The van der Waals surface area contributed by atoms with E-state index in [-0.39, 0.29) is 11.7 Å². The predicted octanol–water partition coefficient (Wildman–Crippen LogP) is 3.60. The number of hydrogen-bond acceptors (Lipinski definition) is 7. The van der Waals surface area contributed by atoms with Crippen molar-refractivity contribution in [2.45, 2.75) is 71.4 Å². The molecule has 2 aliphatic carbocycles. The largest absolute Gasteiger partial charge is 0.434 e. The van der Waals surface area contributed by atoms with Gasteiger partial charge in [0.05, 0.1) is 6.33 Å². The molecule has 2 aliphatic rings. The van der Waals surface area contributed by atoms with Crippen LogP contribution in [0.15, 0.2) is 15.5 Å². The molecule has 30 heavy (non-hydrogen) atoms. The molecular weight excluding hydrogens is 382 g/mol. The van der Waals surface area contributed by atoms with Crippen LogP contribution < -0.4 is 11.1 Å². The lowest BCUT2D eigenvalue weighted by Gasteiger charge is -2.32. The average molecular weight is 412 g/mol. The molecule has 0 radical (unpaired) electrons. The zero-order valence-corrected chi connectivity index (χ0v) is 17.6. The van der Waals surface area contributed by atoms with Crippen molar-refractivity contribution >= 4 is 17.0 Å². The fourth-order valence-corrected chi connectivity index (χ4v) is 4.70. The summed E-state index contributed by atoms with van der Waals surface area (Å²) in [5.41, 5.74) is 1.51. The SMILES string of the molecule is CC1CCC(Cn2cnc3nc(-c4n[nH]c(=O)o4)nc(N[C@H](C)C4CCC4)c32)CC1. The Morgan fingerprint density at radius 2 is 2.03 bits per heavy atom. The molecule has 5 rings (SSSR count). The van der Waals surface area contributed by atoms with Crippen molar-refractivity contribution in [2.75, 3.05) is 5.32 Å². The highest BCUT2D eigenvalue weighted by Gasteiger charge is 2.27. The predicted molar refractivity (Wildman–Crippen MR) is 113 cm³/mol. The molecule has 0 saturated heterocycles. The highest BCUT2D eigenvalue weighted by atomic mass is 16.4. The van der Waals surface area contributed by atoms with Crippen LogP contribution in [-0.2, 0) is 6.54 Å². The molecule has 9 nitrogen and oxygen atoms in total. The number of H-pyrrole nitrogens is 1. The smallest absolute Gasteiger partial charge is 0.384 e. The van der Waals surface area contributed by atoms with E-state index in [1.165, 1.54) is 44.9 Å². The minimum atomic E-state index is -0.622. The molecule has 0 amide bonds. The maximum absolute atomic E-state index is 11.4. The summed E-state index contributed by atoms with van der Waals surface area (Å²) in [5.74, 6) is 2.59. The van der Waals surface area contributed by atoms with E-state index in [0.717, 1.165) is 23.8 Å². The van der Waals surface area contributed by atoms with Gasteiger partial charge in [-0.05, 0) is 50.4 Å². The van der Waals surface area contributed by atoms with E-state index >= 15 is 0 Å². The lowest BCUT2D eigenvalue weighted by atomic mass is 9.80. The molecule has 2 saturated carbocycles. The van der Waals surface area contributed by atoms with Gasteiger partial charge in [0.2, 0.25) is 5.82 Å². The van der Waals surface area contributed by atoms with E-state index in [1.54, 1.807) is 0 Å². The molecule has 3 heterocycles. The quantitative estimate of drug-likeness (QED) is 0.637. The van der Waals surface area contributed by atoms with Crippen LogP contribution in [0.5, 0.6) is 0 Å². The van der Waals surface area contributed by atoms with E-state index in [0.29, 0.717) is 23.5 Å². The lowest BCUT2D eigenvalue weighted by molar-refractivity contribution is 0.266. The standard InChI is InChI=1S/C21H29N7O2/c1-12-6-8-14(9-7-12)10-28-11-22-17-16(28)18(23-13(2)15-4-3-5-15)25-19(24-17)20-26-27-21(29)30-20/h11-15H,3-10H2,1-2H3,(H,27,29)(H,23,24,25)/t12?,13-,14?/m1/s1. The number of fused-ring (bicyclic) bond motifs is 1. The summed E-state index contributed by atoms with van der Waals surface area (Å²) >= 11 is 0. The average Bonchev–Trinajstić information content (AvgIpc) is 3.28. The molecule has 0 aromatic carbocycles. The first-order chi connectivity index (χ1) is 14.6. The molecule has 2 N–H and O–H groups in total. The third-order valence-electron chi connectivity index (χ3n) is 6.91. The second kappa shape index (κ2) is 7.85. The Morgan fingerprint density at radius 3 is 2.70 bits per heavy atom. The van der Waals surface area contributed by atoms with Crippen LogP contribution in [0.2, 0.25) is 0 Å². The minimum absolute atomic E-state index is 0.0806. The summed E-state index contributed by atoms with van der Waals surface area (Å²) in [7, 11) is 0. The van der Waals surface area contributed by atoms with E-state index < -0.39 is 5.76 Å². The van der Waals surface area contributed by atoms with Gasteiger partial charge in [-0.25, -0.2) is 24.8 Å². The molecule has 1 atom stereocenters. The third-order valence-corrected chi connectivity index (χ3v) is 6.91. The van der Waals surface area contributed by atoms with Gasteiger partial charge in [-0.15, -0.1) is 5.10 Å². The summed E-state index contributed by atoms with van der Waals surface area (Å²) in [6, 6.07) is 0.301. The second-order valence-corrected chi connectivity index (χ2v) is 9.13. The fourth-order valence-electron chi connectivity index (χ4n) is 4.70. The van der Waals surface area contributed by atoms with E-state index in [1.807, 2.05) is 6.33 Å². The Morgan fingerprint density at radius 1 is 1.23 bits per heavy atom. The van der Waals surface area contributed by atoms with Gasteiger partial charge in [0, 0.05) is 12.6 Å². The minimum Gasteiger partial charge on any atom is -0.384 e. The van der Waals surface area contributed by atoms with Gasteiger partial charge in [-0.2, -0.15) is 0 Å². The van der Waals surface area contributed by atoms with Crippen LogP contribution in [0.25, 0.3) is 22.9 Å². The van der Waals surface area contributed by atoms with Crippen molar-refractivity contribution < 1.29 is 4.42 Å². The lowest BCUT2D eigenvalue weighted by Crippen LogP contribution is -2.31.